The van der Waals surface area contributed by atoms with Crippen molar-refractivity contribution in [3.63, 3.8) is 0 Å². The van der Waals surface area contributed by atoms with Gasteiger partial charge in [0, 0.05) is 26.2 Å². The molecule has 0 aromatic rings. The average molecular weight is 226 g/mol. The van der Waals surface area contributed by atoms with Crippen LogP contribution in [0.25, 0.3) is 0 Å². The third-order valence-corrected chi connectivity index (χ3v) is 3.52. The van der Waals surface area contributed by atoms with E-state index in [-0.39, 0.29) is 6.03 Å². The molecule has 0 saturated carbocycles. The zero-order valence-corrected chi connectivity index (χ0v) is 11.0. The van der Waals surface area contributed by atoms with E-state index in [9.17, 15) is 4.79 Å². The summed E-state index contributed by atoms with van der Waals surface area (Å²) in [6.07, 6.45) is 6.98. The molecular formula is C13H26N2O. The molecule has 0 bridgehead atoms. The Morgan fingerprint density at radius 2 is 2.12 bits per heavy atom. The highest BCUT2D eigenvalue weighted by atomic mass is 16.2. The van der Waals surface area contributed by atoms with Gasteiger partial charge in [-0.1, -0.05) is 20.3 Å². The van der Waals surface area contributed by atoms with Crippen molar-refractivity contribution in [2.75, 3.05) is 20.1 Å². The summed E-state index contributed by atoms with van der Waals surface area (Å²) < 4.78 is 0. The highest BCUT2D eigenvalue weighted by molar-refractivity contribution is 5.74. The van der Waals surface area contributed by atoms with Crippen LogP contribution in [-0.4, -0.2) is 42.0 Å². The highest BCUT2D eigenvalue weighted by Gasteiger charge is 2.26. The summed E-state index contributed by atoms with van der Waals surface area (Å²) in [5.74, 6) is 0. The lowest BCUT2D eigenvalue weighted by atomic mass is 10.0. The molecule has 0 aromatic heterocycles. The number of hydrogen-bond acceptors (Lipinski definition) is 1. The Hall–Kier alpha value is -0.730. The first-order valence-corrected chi connectivity index (χ1v) is 6.72. The van der Waals surface area contributed by atoms with E-state index in [4.69, 9.17) is 0 Å². The van der Waals surface area contributed by atoms with Crippen LogP contribution in [-0.2, 0) is 0 Å². The highest BCUT2D eigenvalue weighted by Crippen LogP contribution is 2.20. The smallest absolute Gasteiger partial charge is 0.319 e. The van der Waals surface area contributed by atoms with Crippen LogP contribution in [0, 0.1) is 0 Å². The number of hydrogen-bond donors (Lipinski definition) is 0. The molecule has 3 heteroatoms. The van der Waals surface area contributed by atoms with Crippen molar-refractivity contribution in [1.82, 2.24) is 9.80 Å². The largest absolute Gasteiger partial charge is 0.328 e. The summed E-state index contributed by atoms with van der Waals surface area (Å²) in [4.78, 5) is 16.2. The molecule has 1 saturated heterocycles. The van der Waals surface area contributed by atoms with Crippen molar-refractivity contribution < 1.29 is 4.79 Å². The van der Waals surface area contributed by atoms with Crippen LogP contribution >= 0.6 is 0 Å². The number of amides is 2. The van der Waals surface area contributed by atoms with Crippen molar-refractivity contribution in [3.05, 3.63) is 0 Å². The second kappa shape index (κ2) is 6.77. The van der Waals surface area contributed by atoms with E-state index < -0.39 is 0 Å². The monoisotopic (exact) mass is 226 g/mol. The Bertz CT molecular complexity index is 218. The quantitative estimate of drug-likeness (QED) is 0.722. The van der Waals surface area contributed by atoms with Gasteiger partial charge >= 0.3 is 6.03 Å². The van der Waals surface area contributed by atoms with Gasteiger partial charge in [0.1, 0.15) is 0 Å². The maximum Gasteiger partial charge on any atom is 0.319 e. The molecule has 0 N–H and O–H groups in total. The van der Waals surface area contributed by atoms with Gasteiger partial charge in [-0.05, 0) is 32.1 Å². The molecule has 0 spiro atoms. The number of carbonyl (C=O) groups is 1. The Morgan fingerprint density at radius 1 is 1.38 bits per heavy atom. The van der Waals surface area contributed by atoms with Crippen LogP contribution in [0.1, 0.15) is 52.4 Å². The molecule has 0 radical (unpaired) electrons. The van der Waals surface area contributed by atoms with Crippen LogP contribution in [0.4, 0.5) is 4.79 Å². The Kier molecular flexibility index (Phi) is 5.64. The van der Waals surface area contributed by atoms with Gasteiger partial charge in [0.15, 0.2) is 0 Å². The lowest BCUT2D eigenvalue weighted by Crippen LogP contribution is -2.49. The first-order valence-electron chi connectivity index (χ1n) is 6.72. The molecule has 1 unspecified atom stereocenters. The van der Waals surface area contributed by atoms with Crippen molar-refractivity contribution in [2.24, 2.45) is 0 Å². The van der Waals surface area contributed by atoms with Crippen LogP contribution in [0.15, 0.2) is 0 Å². The molecule has 1 aliphatic heterocycles. The SMILES string of the molecule is CCCCN(C)C(=O)N1CCCCC1CC. The number of unbranched alkanes of at least 4 members (excludes halogenated alkanes) is 1. The summed E-state index contributed by atoms with van der Waals surface area (Å²) in [6, 6.07) is 0.713. The zero-order chi connectivity index (χ0) is 12.0. The van der Waals surface area contributed by atoms with Gasteiger partial charge in [-0.25, -0.2) is 4.79 Å². The number of piperidine rings is 1. The molecule has 0 aliphatic carbocycles. The lowest BCUT2D eigenvalue weighted by molar-refractivity contribution is 0.120. The molecular weight excluding hydrogens is 200 g/mol. The normalized spacial score (nSPS) is 20.9. The van der Waals surface area contributed by atoms with Crippen LogP contribution < -0.4 is 0 Å². The molecule has 2 amide bonds. The van der Waals surface area contributed by atoms with Gasteiger partial charge in [0.25, 0.3) is 0 Å². The van der Waals surface area contributed by atoms with Crippen LogP contribution in [0.3, 0.4) is 0 Å². The van der Waals surface area contributed by atoms with Gasteiger partial charge in [0.2, 0.25) is 0 Å². The number of rotatable bonds is 4. The minimum atomic E-state index is 0.236. The second-order valence-electron chi connectivity index (χ2n) is 4.81. The molecule has 0 aromatic carbocycles. The van der Waals surface area contributed by atoms with E-state index in [2.05, 4.69) is 18.7 Å². The summed E-state index contributed by atoms with van der Waals surface area (Å²) in [5, 5.41) is 0. The Balaban J connectivity index is 2.49. The van der Waals surface area contributed by atoms with Gasteiger partial charge in [-0.3, -0.25) is 0 Å². The third-order valence-electron chi connectivity index (χ3n) is 3.52. The lowest BCUT2D eigenvalue weighted by Gasteiger charge is -2.37. The van der Waals surface area contributed by atoms with Crippen molar-refractivity contribution in [3.8, 4) is 0 Å². The molecule has 1 heterocycles. The average Bonchev–Trinajstić information content (AvgIpc) is 2.34. The zero-order valence-electron chi connectivity index (χ0n) is 11.0. The van der Waals surface area contributed by atoms with Gasteiger partial charge in [-0.15, -0.1) is 0 Å². The number of carbonyl (C=O) groups excluding carboxylic acids is 1. The third kappa shape index (κ3) is 3.39. The first-order chi connectivity index (χ1) is 7.70. The Morgan fingerprint density at radius 3 is 2.75 bits per heavy atom. The van der Waals surface area contributed by atoms with Crippen LogP contribution in [0.5, 0.6) is 0 Å². The fourth-order valence-corrected chi connectivity index (χ4v) is 2.39. The summed E-state index contributed by atoms with van der Waals surface area (Å²) in [6.45, 7) is 6.19. The molecule has 1 atom stereocenters. The summed E-state index contributed by atoms with van der Waals surface area (Å²) in [7, 11) is 1.93. The van der Waals surface area contributed by atoms with E-state index in [0.717, 1.165) is 32.4 Å². The fraction of sp³-hybridized carbons (Fsp3) is 0.923. The predicted molar refractivity (Wildman–Crippen MR) is 67.6 cm³/mol. The van der Waals surface area contributed by atoms with E-state index in [0.29, 0.717) is 6.04 Å². The van der Waals surface area contributed by atoms with Crippen molar-refractivity contribution in [2.45, 2.75) is 58.4 Å². The first kappa shape index (κ1) is 13.3. The molecule has 94 valence electrons. The minimum absolute atomic E-state index is 0.236. The molecule has 3 nitrogen and oxygen atoms in total. The minimum Gasteiger partial charge on any atom is -0.328 e. The molecule has 1 aliphatic rings. The fourth-order valence-electron chi connectivity index (χ4n) is 2.39. The Labute approximate surface area is 99.8 Å². The summed E-state index contributed by atoms with van der Waals surface area (Å²) in [5.41, 5.74) is 0. The van der Waals surface area contributed by atoms with Gasteiger partial charge < -0.3 is 9.80 Å². The topological polar surface area (TPSA) is 23.6 Å². The van der Waals surface area contributed by atoms with Crippen LogP contribution in [0.2, 0.25) is 0 Å². The molecule has 1 fully saturated rings. The van der Waals surface area contributed by atoms with E-state index in [1.165, 1.54) is 19.3 Å². The standard InChI is InChI=1S/C13H26N2O/c1-4-6-10-14(3)13(16)15-11-8-7-9-12(15)5-2/h12H,4-11H2,1-3H3. The molecule has 1 rings (SSSR count). The summed E-state index contributed by atoms with van der Waals surface area (Å²) >= 11 is 0. The number of likely N-dealkylation sites (tertiary alicyclic amines) is 1. The van der Waals surface area contributed by atoms with E-state index in [1.54, 1.807) is 0 Å². The van der Waals surface area contributed by atoms with E-state index >= 15 is 0 Å². The maximum absolute atomic E-state index is 12.2. The second-order valence-corrected chi connectivity index (χ2v) is 4.81. The van der Waals surface area contributed by atoms with Gasteiger partial charge in [-0.2, -0.15) is 0 Å². The number of nitrogens with zero attached hydrogens (tertiary/aromatic N) is 2. The van der Waals surface area contributed by atoms with Crippen molar-refractivity contribution >= 4 is 6.03 Å². The molecule has 16 heavy (non-hydrogen) atoms. The van der Waals surface area contributed by atoms with Gasteiger partial charge in [0.05, 0.1) is 0 Å². The van der Waals surface area contributed by atoms with E-state index in [1.807, 2.05) is 11.9 Å². The maximum atomic E-state index is 12.2. The number of urea groups is 1. The van der Waals surface area contributed by atoms with Crippen molar-refractivity contribution in [1.29, 1.82) is 0 Å². The predicted octanol–water partition coefficient (Wildman–Crippen LogP) is 3.10.